The predicted octanol–water partition coefficient (Wildman–Crippen LogP) is 4.36. The van der Waals surface area contributed by atoms with E-state index in [4.69, 9.17) is 9.47 Å². The van der Waals surface area contributed by atoms with E-state index in [-0.39, 0.29) is 0 Å². The summed E-state index contributed by atoms with van der Waals surface area (Å²) in [6, 6.07) is 12.5. The van der Waals surface area contributed by atoms with E-state index in [1.807, 2.05) is 11.6 Å². The molecule has 0 atom stereocenters. The molecule has 0 aliphatic heterocycles. The van der Waals surface area contributed by atoms with E-state index >= 15 is 0 Å². The van der Waals surface area contributed by atoms with Crippen molar-refractivity contribution in [3.63, 3.8) is 0 Å². The number of nitrogens with zero attached hydrogens (tertiary/aromatic N) is 2. The third-order valence-corrected chi connectivity index (χ3v) is 5.34. The fourth-order valence-corrected chi connectivity index (χ4v) is 4.15. The summed E-state index contributed by atoms with van der Waals surface area (Å²) in [6.45, 7) is 4.25. The maximum absolute atomic E-state index is 5.64. The molecule has 4 aromatic rings. The largest absolute Gasteiger partial charge is 0.497 e. The number of fused-ring (bicyclic) bond motifs is 2. The molecule has 0 aliphatic rings. The van der Waals surface area contributed by atoms with Crippen molar-refractivity contribution < 1.29 is 14.0 Å². The van der Waals surface area contributed by atoms with Crippen LogP contribution in [0.5, 0.6) is 11.5 Å². The average molecular weight is 351 g/mol. The van der Waals surface area contributed by atoms with Crippen molar-refractivity contribution in [3.05, 3.63) is 53.3 Å². The van der Waals surface area contributed by atoms with E-state index in [0.717, 1.165) is 44.9 Å². The van der Waals surface area contributed by atoms with Crippen molar-refractivity contribution >= 4 is 32.3 Å². The minimum atomic E-state index is 0.798. The summed E-state index contributed by atoms with van der Waals surface area (Å²) >= 11 is 1.66. The Balaban J connectivity index is 2.03. The maximum Gasteiger partial charge on any atom is 0.212 e. The Bertz CT molecular complexity index is 1100. The Morgan fingerprint density at radius 1 is 1.00 bits per heavy atom. The molecule has 5 heteroatoms. The lowest BCUT2D eigenvalue weighted by atomic mass is 10.1. The zero-order valence-electron chi connectivity index (χ0n) is 14.7. The van der Waals surface area contributed by atoms with Crippen LogP contribution >= 0.6 is 11.3 Å². The zero-order valence-corrected chi connectivity index (χ0v) is 15.5. The normalized spacial score (nSPS) is 11.2. The highest BCUT2D eigenvalue weighted by atomic mass is 32.1. The third kappa shape index (κ3) is 2.51. The van der Waals surface area contributed by atoms with Gasteiger partial charge < -0.3 is 9.47 Å². The summed E-state index contributed by atoms with van der Waals surface area (Å²) in [5.41, 5.74) is 6.34. The smallest absolute Gasteiger partial charge is 0.212 e. The molecule has 0 saturated heterocycles. The summed E-state index contributed by atoms with van der Waals surface area (Å²) in [6.07, 6.45) is 0. The highest BCUT2D eigenvalue weighted by Gasteiger charge is 2.22. The lowest BCUT2D eigenvalue weighted by molar-refractivity contribution is -0.607. The number of hydrogen-bond donors (Lipinski definition) is 0. The minimum Gasteiger partial charge on any atom is -0.497 e. The van der Waals surface area contributed by atoms with Crippen LogP contribution in [-0.4, -0.2) is 19.2 Å². The van der Waals surface area contributed by atoms with E-state index in [2.05, 4.69) is 53.7 Å². The molecular weight excluding hydrogens is 332 g/mol. The van der Waals surface area contributed by atoms with Crippen LogP contribution in [0.2, 0.25) is 0 Å². The van der Waals surface area contributed by atoms with Crippen LogP contribution < -0.4 is 14.0 Å². The monoisotopic (exact) mass is 351 g/mol. The van der Waals surface area contributed by atoms with Crippen molar-refractivity contribution in [3.8, 4) is 17.2 Å². The molecule has 0 unspecified atom stereocenters. The number of thiazole rings is 1. The fourth-order valence-electron chi connectivity index (χ4n) is 3.44. The van der Waals surface area contributed by atoms with Gasteiger partial charge >= 0.3 is 0 Å². The molecule has 0 spiro atoms. The molecule has 2 heterocycles. The van der Waals surface area contributed by atoms with Gasteiger partial charge in [-0.1, -0.05) is 0 Å². The molecular formula is C20H19N2O2S+. The van der Waals surface area contributed by atoms with E-state index < -0.39 is 0 Å². The third-order valence-electron chi connectivity index (χ3n) is 4.55. The first-order valence-corrected chi connectivity index (χ1v) is 8.92. The van der Waals surface area contributed by atoms with E-state index in [1.54, 1.807) is 25.6 Å². The zero-order chi connectivity index (χ0) is 17.6. The summed E-state index contributed by atoms with van der Waals surface area (Å²) in [4.78, 5) is 4.37. The van der Waals surface area contributed by atoms with Crippen LogP contribution in [0, 0.1) is 13.8 Å². The molecule has 0 saturated carbocycles. The molecule has 4 nitrogen and oxygen atoms in total. The van der Waals surface area contributed by atoms with E-state index in [1.165, 1.54) is 4.70 Å². The van der Waals surface area contributed by atoms with E-state index in [9.17, 15) is 0 Å². The van der Waals surface area contributed by atoms with Gasteiger partial charge in [-0.25, -0.2) is 4.98 Å². The topological polar surface area (TPSA) is 35.2 Å². The molecule has 2 aromatic carbocycles. The minimum absolute atomic E-state index is 0.798. The molecule has 0 N–H and O–H groups in total. The number of rotatable bonds is 3. The van der Waals surface area contributed by atoms with Crippen LogP contribution in [0.1, 0.15) is 11.4 Å². The van der Waals surface area contributed by atoms with Gasteiger partial charge in [0.1, 0.15) is 11.5 Å². The molecule has 2 aromatic heterocycles. The molecule has 25 heavy (non-hydrogen) atoms. The quantitative estimate of drug-likeness (QED) is 0.515. The molecule has 0 aliphatic carbocycles. The molecule has 0 fully saturated rings. The molecule has 0 amide bonds. The lowest BCUT2D eigenvalue weighted by Crippen LogP contribution is -2.37. The van der Waals surface area contributed by atoms with Crippen molar-refractivity contribution in [2.24, 2.45) is 0 Å². The van der Waals surface area contributed by atoms with Crippen LogP contribution in [0.3, 0.4) is 0 Å². The maximum atomic E-state index is 5.64. The number of aromatic nitrogens is 2. The summed E-state index contributed by atoms with van der Waals surface area (Å²) in [5, 5.41) is 2.21. The highest BCUT2D eigenvalue weighted by molar-refractivity contribution is 7.16. The first-order chi connectivity index (χ1) is 12.1. The first-order valence-electron chi connectivity index (χ1n) is 8.04. The number of hydrogen-bond acceptors (Lipinski definition) is 4. The summed E-state index contributed by atoms with van der Waals surface area (Å²) in [7, 11) is 3.37. The van der Waals surface area contributed by atoms with Crippen LogP contribution in [0.4, 0.5) is 0 Å². The summed E-state index contributed by atoms with van der Waals surface area (Å²) in [5.74, 6) is 1.62. The first kappa shape index (κ1) is 15.8. The Morgan fingerprint density at radius 3 is 2.60 bits per heavy atom. The van der Waals surface area contributed by atoms with Crippen LogP contribution in [0.25, 0.3) is 26.7 Å². The van der Waals surface area contributed by atoms with Crippen LogP contribution in [-0.2, 0) is 0 Å². The number of ether oxygens (including phenoxy) is 2. The standard InChI is InChI=1S/C20H19N2O2S/c1-12-7-14-8-16(23-3)10-18(24-4)20(14)13(2)22(12)15-5-6-17-19(9-15)25-11-21-17/h5-11H,1-4H3/q+1. The van der Waals surface area contributed by atoms with Crippen molar-refractivity contribution in [1.82, 2.24) is 4.98 Å². The van der Waals surface area contributed by atoms with Gasteiger partial charge in [0.25, 0.3) is 0 Å². The number of aryl methyl sites for hydroxylation is 2. The molecule has 0 bridgehead atoms. The summed E-state index contributed by atoms with van der Waals surface area (Å²) < 4.78 is 14.5. The van der Waals surface area contributed by atoms with Crippen molar-refractivity contribution in [2.75, 3.05) is 14.2 Å². The van der Waals surface area contributed by atoms with Gasteiger partial charge in [-0.3, -0.25) is 0 Å². The van der Waals surface area contributed by atoms with Gasteiger partial charge in [-0.15, -0.1) is 11.3 Å². The van der Waals surface area contributed by atoms with Gasteiger partial charge in [0.2, 0.25) is 5.69 Å². The van der Waals surface area contributed by atoms with Gasteiger partial charge in [0.15, 0.2) is 11.4 Å². The number of pyridine rings is 1. The van der Waals surface area contributed by atoms with Crippen molar-refractivity contribution in [2.45, 2.75) is 13.8 Å². The highest BCUT2D eigenvalue weighted by Crippen LogP contribution is 2.33. The van der Waals surface area contributed by atoms with Gasteiger partial charge in [-0.05, 0) is 12.1 Å². The Kier molecular flexibility index (Phi) is 3.81. The molecule has 126 valence electrons. The van der Waals surface area contributed by atoms with Gasteiger partial charge in [-0.2, -0.15) is 4.57 Å². The fraction of sp³-hybridized carbons (Fsp3) is 0.200. The lowest BCUT2D eigenvalue weighted by Gasteiger charge is -2.12. The Hall–Kier alpha value is -2.66. The second kappa shape index (κ2) is 6.01. The van der Waals surface area contributed by atoms with E-state index in [0.29, 0.717) is 0 Å². The molecule has 4 rings (SSSR count). The van der Waals surface area contributed by atoms with Crippen LogP contribution in [0.15, 0.2) is 41.9 Å². The number of benzene rings is 2. The second-order valence-corrected chi connectivity index (χ2v) is 6.89. The predicted molar refractivity (Wildman–Crippen MR) is 101 cm³/mol. The average Bonchev–Trinajstić information content (AvgIpc) is 3.08. The molecule has 0 radical (unpaired) electrons. The van der Waals surface area contributed by atoms with Gasteiger partial charge in [0, 0.05) is 43.5 Å². The SMILES string of the molecule is COc1cc(OC)c2c(C)[n+](-c3ccc4ncsc4c3)c(C)cc2c1. The Morgan fingerprint density at radius 2 is 1.84 bits per heavy atom. The number of methoxy groups -OCH3 is 2. The van der Waals surface area contributed by atoms with Gasteiger partial charge in [0.05, 0.1) is 35.3 Å². The van der Waals surface area contributed by atoms with Crippen molar-refractivity contribution in [1.29, 1.82) is 0 Å². The Labute approximate surface area is 150 Å². The second-order valence-electron chi connectivity index (χ2n) is 6.00.